The largest absolute Gasteiger partial charge is 0.416 e. The second kappa shape index (κ2) is 5.31. The van der Waals surface area contributed by atoms with E-state index >= 15 is 0 Å². The highest BCUT2D eigenvalue weighted by Gasteiger charge is 2.72. The van der Waals surface area contributed by atoms with E-state index in [4.69, 9.17) is 0 Å². The number of rotatable bonds is 2. The number of hydrogen-bond acceptors (Lipinski definition) is 0. The number of benzene rings is 1. The highest BCUT2D eigenvalue weighted by molar-refractivity contribution is 5.28. The van der Waals surface area contributed by atoms with Crippen LogP contribution in [0, 0.1) is 5.41 Å². The molecule has 0 N–H and O–H groups in total. The van der Waals surface area contributed by atoms with E-state index in [1.165, 1.54) is 0 Å². The Morgan fingerprint density at radius 2 is 1.09 bits per heavy atom. The Hall–Kier alpha value is -1.48. The molecule has 126 valence electrons. The van der Waals surface area contributed by atoms with Crippen LogP contribution in [0.2, 0.25) is 0 Å². The van der Waals surface area contributed by atoms with Gasteiger partial charge in [-0.1, -0.05) is 12.1 Å². The standard InChI is InChI=1S/C12H8F10/c1-9(11(17,18)19,12(20,21)22)8(13)6-2-4-7(5-3-6)10(14,15)16/h2-5,8H,1H3. The molecule has 0 saturated carbocycles. The second-order valence-electron chi connectivity index (χ2n) is 4.68. The van der Waals surface area contributed by atoms with Gasteiger partial charge in [-0.2, -0.15) is 39.5 Å². The lowest BCUT2D eigenvalue weighted by atomic mass is 9.80. The van der Waals surface area contributed by atoms with Gasteiger partial charge in [0, 0.05) is 0 Å². The second-order valence-corrected chi connectivity index (χ2v) is 4.68. The Balaban J connectivity index is 3.30. The van der Waals surface area contributed by atoms with Crippen LogP contribution >= 0.6 is 0 Å². The lowest BCUT2D eigenvalue weighted by Gasteiger charge is -2.36. The van der Waals surface area contributed by atoms with Crippen molar-refractivity contribution in [2.24, 2.45) is 5.41 Å². The van der Waals surface area contributed by atoms with Crippen LogP contribution in [-0.2, 0) is 6.18 Å². The van der Waals surface area contributed by atoms with Crippen LogP contribution in [0.15, 0.2) is 24.3 Å². The maximum atomic E-state index is 13.9. The van der Waals surface area contributed by atoms with Crippen molar-refractivity contribution < 1.29 is 43.9 Å². The van der Waals surface area contributed by atoms with E-state index in [1.54, 1.807) is 0 Å². The quantitative estimate of drug-likeness (QED) is 0.592. The number of halogens is 10. The van der Waals surface area contributed by atoms with Gasteiger partial charge in [0.1, 0.15) is 6.17 Å². The summed E-state index contributed by atoms with van der Waals surface area (Å²) in [5, 5.41) is 0. The molecule has 0 amide bonds. The molecule has 0 radical (unpaired) electrons. The lowest BCUT2D eigenvalue weighted by Crippen LogP contribution is -2.50. The SMILES string of the molecule is CC(C(F)c1ccc(C(F)(F)F)cc1)(C(F)(F)F)C(F)(F)F. The van der Waals surface area contributed by atoms with Gasteiger partial charge >= 0.3 is 18.5 Å². The van der Waals surface area contributed by atoms with Gasteiger partial charge in [-0.05, 0) is 24.6 Å². The molecule has 10 heteroatoms. The summed E-state index contributed by atoms with van der Waals surface area (Å²) in [7, 11) is 0. The maximum Gasteiger partial charge on any atom is 0.416 e. The molecule has 0 aromatic heterocycles. The van der Waals surface area contributed by atoms with Crippen LogP contribution < -0.4 is 0 Å². The van der Waals surface area contributed by atoms with Crippen LogP contribution in [-0.4, -0.2) is 12.4 Å². The van der Waals surface area contributed by atoms with E-state index in [-0.39, 0.29) is 31.2 Å². The molecule has 1 aromatic carbocycles. The molecule has 22 heavy (non-hydrogen) atoms. The fourth-order valence-corrected chi connectivity index (χ4v) is 1.62. The number of hydrogen-bond donors (Lipinski definition) is 0. The first-order chi connectivity index (χ1) is 9.62. The molecular weight excluding hydrogens is 334 g/mol. The van der Waals surface area contributed by atoms with E-state index in [0.717, 1.165) is 0 Å². The van der Waals surface area contributed by atoms with E-state index in [2.05, 4.69) is 0 Å². The van der Waals surface area contributed by atoms with Crippen molar-refractivity contribution in [3.05, 3.63) is 35.4 Å². The first kappa shape index (κ1) is 18.6. The molecule has 0 aliphatic rings. The average molecular weight is 342 g/mol. The third-order valence-electron chi connectivity index (χ3n) is 3.22. The predicted molar refractivity (Wildman–Crippen MR) is 55.5 cm³/mol. The van der Waals surface area contributed by atoms with E-state index in [1.807, 2.05) is 0 Å². The van der Waals surface area contributed by atoms with Crippen molar-refractivity contribution >= 4 is 0 Å². The third-order valence-corrected chi connectivity index (χ3v) is 3.22. The molecule has 0 heterocycles. The summed E-state index contributed by atoms with van der Waals surface area (Å²) in [5.74, 6) is 0. The monoisotopic (exact) mass is 342 g/mol. The molecule has 0 spiro atoms. The van der Waals surface area contributed by atoms with Gasteiger partial charge in [-0.25, -0.2) is 4.39 Å². The summed E-state index contributed by atoms with van der Waals surface area (Å²) >= 11 is 0. The van der Waals surface area contributed by atoms with Crippen LogP contribution in [0.5, 0.6) is 0 Å². The van der Waals surface area contributed by atoms with Gasteiger partial charge in [0.2, 0.25) is 0 Å². The highest BCUT2D eigenvalue weighted by atomic mass is 19.4. The summed E-state index contributed by atoms with van der Waals surface area (Å²) in [6, 6.07) is 0.941. The normalized spacial score (nSPS) is 15.8. The predicted octanol–water partition coefficient (Wildman–Crippen LogP) is 5.85. The summed E-state index contributed by atoms with van der Waals surface area (Å²) in [4.78, 5) is 0. The molecule has 0 bridgehead atoms. The Kier molecular flexibility index (Phi) is 4.48. The van der Waals surface area contributed by atoms with Gasteiger partial charge in [-0.3, -0.25) is 0 Å². The molecule has 0 fully saturated rings. The van der Waals surface area contributed by atoms with Crippen molar-refractivity contribution in [1.82, 2.24) is 0 Å². The van der Waals surface area contributed by atoms with Gasteiger partial charge < -0.3 is 0 Å². The Bertz CT molecular complexity index is 491. The minimum Gasteiger partial charge on any atom is -0.241 e. The van der Waals surface area contributed by atoms with Crippen LogP contribution in [0.4, 0.5) is 43.9 Å². The van der Waals surface area contributed by atoms with Crippen molar-refractivity contribution in [2.45, 2.75) is 31.6 Å². The maximum absolute atomic E-state index is 13.9. The van der Waals surface area contributed by atoms with Gasteiger partial charge in [-0.15, -0.1) is 0 Å². The van der Waals surface area contributed by atoms with Crippen LogP contribution in [0.3, 0.4) is 0 Å². The molecule has 0 aliphatic carbocycles. The van der Waals surface area contributed by atoms with Crippen molar-refractivity contribution in [1.29, 1.82) is 0 Å². The van der Waals surface area contributed by atoms with Crippen LogP contribution in [0.25, 0.3) is 0 Å². The lowest BCUT2D eigenvalue weighted by molar-refractivity contribution is -0.353. The minimum absolute atomic E-state index is 0.217. The first-order valence-corrected chi connectivity index (χ1v) is 5.57. The van der Waals surface area contributed by atoms with Crippen LogP contribution in [0.1, 0.15) is 24.2 Å². The summed E-state index contributed by atoms with van der Waals surface area (Å²) in [5.41, 5.74) is -7.20. The van der Waals surface area contributed by atoms with Crippen molar-refractivity contribution in [3.8, 4) is 0 Å². The molecule has 0 saturated heterocycles. The Morgan fingerprint density at radius 3 is 1.36 bits per heavy atom. The number of alkyl halides is 10. The van der Waals surface area contributed by atoms with E-state index in [0.29, 0.717) is 0 Å². The van der Waals surface area contributed by atoms with E-state index < -0.39 is 41.2 Å². The topological polar surface area (TPSA) is 0 Å². The summed E-state index contributed by atoms with van der Waals surface area (Å²) in [6.45, 7) is -0.380. The average Bonchev–Trinajstić information content (AvgIpc) is 2.33. The fourth-order valence-electron chi connectivity index (χ4n) is 1.62. The fraction of sp³-hybridized carbons (Fsp3) is 0.500. The van der Waals surface area contributed by atoms with Gasteiger partial charge in [0.05, 0.1) is 5.56 Å². The third kappa shape index (κ3) is 3.14. The minimum atomic E-state index is -5.98. The molecule has 1 aromatic rings. The van der Waals surface area contributed by atoms with E-state index in [9.17, 15) is 43.9 Å². The molecule has 1 atom stereocenters. The molecule has 1 rings (SSSR count). The summed E-state index contributed by atoms with van der Waals surface area (Å²) < 4.78 is 127. The van der Waals surface area contributed by atoms with Gasteiger partial charge in [0.25, 0.3) is 0 Å². The molecule has 0 nitrogen and oxygen atoms in total. The van der Waals surface area contributed by atoms with Crippen molar-refractivity contribution in [2.75, 3.05) is 0 Å². The summed E-state index contributed by atoms with van der Waals surface area (Å²) in [6.07, 6.45) is -20.4. The zero-order valence-corrected chi connectivity index (χ0v) is 10.7. The smallest absolute Gasteiger partial charge is 0.241 e. The molecular formula is C12H8F10. The highest BCUT2D eigenvalue weighted by Crippen LogP contribution is 2.58. The van der Waals surface area contributed by atoms with Gasteiger partial charge in [0.15, 0.2) is 5.41 Å². The zero-order valence-electron chi connectivity index (χ0n) is 10.7. The first-order valence-electron chi connectivity index (χ1n) is 5.57. The molecule has 1 unspecified atom stereocenters. The molecule has 0 aliphatic heterocycles. The zero-order chi connectivity index (χ0) is 17.6. The Labute approximate surface area is 117 Å². The Morgan fingerprint density at radius 1 is 0.727 bits per heavy atom. The van der Waals surface area contributed by atoms with Crippen molar-refractivity contribution in [3.63, 3.8) is 0 Å².